The van der Waals surface area contributed by atoms with E-state index in [0.29, 0.717) is 24.0 Å². The molecule has 140 valence electrons. The minimum absolute atomic E-state index is 0.00893. The van der Waals surface area contributed by atoms with E-state index in [0.717, 1.165) is 19.5 Å². The van der Waals surface area contributed by atoms with Gasteiger partial charge in [0.05, 0.1) is 11.4 Å². The number of likely N-dealkylation sites (tertiary alicyclic amines) is 1. The Morgan fingerprint density at radius 3 is 2.88 bits per heavy atom. The molecule has 2 heterocycles. The van der Waals surface area contributed by atoms with Gasteiger partial charge in [-0.15, -0.1) is 0 Å². The van der Waals surface area contributed by atoms with Crippen LogP contribution in [-0.2, 0) is 14.4 Å². The Hall–Kier alpha value is -2.41. The number of rotatable bonds is 6. The van der Waals surface area contributed by atoms with Gasteiger partial charge in [0.1, 0.15) is 6.54 Å². The van der Waals surface area contributed by atoms with Crippen LogP contribution in [0.2, 0.25) is 0 Å². The van der Waals surface area contributed by atoms with Crippen molar-refractivity contribution in [2.24, 2.45) is 0 Å². The molecule has 3 rings (SSSR count). The molecule has 1 unspecified atom stereocenters. The summed E-state index contributed by atoms with van der Waals surface area (Å²) < 4.78 is 0. The van der Waals surface area contributed by atoms with Gasteiger partial charge in [-0.3, -0.25) is 19.3 Å². The minimum atomic E-state index is -0.220. The number of nitrogens with one attached hydrogen (secondary N) is 2. The highest BCUT2D eigenvalue weighted by molar-refractivity contribution is 6.10. The Balaban J connectivity index is 1.49. The van der Waals surface area contributed by atoms with Crippen LogP contribution in [0.25, 0.3) is 0 Å². The van der Waals surface area contributed by atoms with Crippen molar-refractivity contribution in [2.45, 2.75) is 38.6 Å². The number of anilines is 2. The summed E-state index contributed by atoms with van der Waals surface area (Å²) in [4.78, 5) is 40.3. The highest BCUT2D eigenvalue weighted by atomic mass is 16.2. The number of para-hydroxylation sites is 2. The third-order valence-electron chi connectivity index (χ3n) is 5.08. The Morgan fingerprint density at radius 1 is 1.27 bits per heavy atom. The maximum absolute atomic E-state index is 12.5. The Morgan fingerprint density at radius 2 is 2.08 bits per heavy atom. The second kappa shape index (κ2) is 8.31. The monoisotopic (exact) mass is 358 g/mol. The molecule has 0 saturated carbocycles. The van der Waals surface area contributed by atoms with Gasteiger partial charge in [-0.2, -0.15) is 0 Å². The van der Waals surface area contributed by atoms with Gasteiger partial charge in [-0.25, -0.2) is 0 Å². The summed E-state index contributed by atoms with van der Waals surface area (Å²) in [5, 5.41) is 5.70. The Kier molecular flexibility index (Phi) is 5.88. The van der Waals surface area contributed by atoms with Crippen LogP contribution in [0.4, 0.5) is 11.4 Å². The molecular weight excluding hydrogens is 332 g/mol. The molecule has 1 atom stereocenters. The van der Waals surface area contributed by atoms with Crippen LogP contribution < -0.4 is 15.5 Å². The van der Waals surface area contributed by atoms with Crippen LogP contribution in [-0.4, -0.2) is 54.8 Å². The van der Waals surface area contributed by atoms with Gasteiger partial charge in [-0.1, -0.05) is 19.1 Å². The Labute approximate surface area is 153 Å². The smallest absolute Gasteiger partial charge is 0.244 e. The zero-order chi connectivity index (χ0) is 18.5. The van der Waals surface area contributed by atoms with E-state index in [1.54, 1.807) is 12.1 Å². The number of fused-ring (bicyclic) bond motifs is 1. The van der Waals surface area contributed by atoms with Gasteiger partial charge in [0.15, 0.2) is 0 Å². The first-order valence-electron chi connectivity index (χ1n) is 9.28. The van der Waals surface area contributed by atoms with Crippen LogP contribution in [0.3, 0.4) is 0 Å². The van der Waals surface area contributed by atoms with Crippen molar-refractivity contribution in [1.82, 2.24) is 10.2 Å². The molecule has 1 aromatic carbocycles. The van der Waals surface area contributed by atoms with E-state index >= 15 is 0 Å². The van der Waals surface area contributed by atoms with E-state index in [2.05, 4.69) is 22.5 Å². The summed E-state index contributed by atoms with van der Waals surface area (Å²) in [5.74, 6) is -0.544. The lowest BCUT2D eigenvalue weighted by Crippen LogP contribution is -2.43. The highest BCUT2D eigenvalue weighted by Gasteiger charge is 2.27. The first-order valence-corrected chi connectivity index (χ1v) is 9.28. The van der Waals surface area contributed by atoms with Gasteiger partial charge in [-0.05, 0) is 38.1 Å². The van der Waals surface area contributed by atoms with E-state index in [1.165, 1.54) is 11.3 Å². The van der Waals surface area contributed by atoms with E-state index in [-0.39, 0.29) is 37.1 Å². The highest BCUT2D eigenvalue weighted by Crippen LogP contribution is 2.29. The molecule has 1 aromatic rings. The number of benzene rings is 1. The predicted molar refractivity (Wildman–Crippen MR) is 99.9 cm³/mol. The van der Waals surface area contributed by atoms with E-state index < -0.39 is 0 Å². The van der Waals surface area contributed by atoms with Crippen LogP contribution in [0.1, 0.15) is 32.6 Å². The zero-order valence-electron chi connectivity index (χ0n) is 15.2. The van der Waals surface area contributed by atoms with E-state index in [9.17, 15) is 14.4 Å². The normalized spacial score (nSPS) is 19.8. The fraction of sp³-hybridized carbons (Fsp3) is 0.526. The fourth-order valence-corrected chi connectivity index (χ4v) is 3.67. The number of carbonyl (C=O) groups excluding carboxylic acids is 3. The van der Waals surface area contributed by atoms with Gasteiger partial charge >= 0.3 is 0 Å². The fourth-order valence-electron chi connectivity index (χ4n) is 3.67. The third kappa shape index (κ3) is 4.22. The molecule has 2 aliphatic rings. The summed E-state index contributed by atoms with van der Waals surface area (Å²) in [6.45, 7) is 4.84. The van der Waals surface area contributed by atoms with Gasteiger partial charge < -0.3 is 15.5 Å². The number of hydrogen-bond acceptors (Lipinski definition) is 4. The van der Waals surface area contributed by atoms with E-state index in [1.807, 2.05) is 12.1 Å². The molecule has 26 heavy (non-hydrogen) atoms. The summed E-state index contributed by atoms with van der Waals surface area (Å²) in [6, 6.07) is 7.59. The molecule has 7 nitrogen and oxygen atoms in total. The van der Waals surface area contributed by atoms with E-state index in [4.69, 9.17) is 0 Å². The lowest BCUT2D eigenvalue weighted by Gasteiger charge is -2.29. The molecule has 0 bridgehead atoms. The summed E-state index contributed by atoms with van der Waals surface area (Å²) in [6.07, 6.45) is 2.50. The number of likely N-dealkylation sites (N-methyl/N-ethyl adjacent to an activating group) is 1. The lowest BCUT2D eigenvalue weighted by atomic mass is 10.1. The topological polar surface area (TPSA) is 81.8 Å². The van der Waals surface area contributed by atoms with Crippen molar-refractivity contribution in [3.63, 3.8) is 0 Å². The van der Waals surface area contributed by atoms with Crippen molar-refractivity contribution in [3.8, 4) is 0 Å². The first-order chi connectivity index (χ1) is 12.6. The lowest BCUT2D eigenvalue weighted by molar-refractivity contribution is -0.125. The average molecular weight is 358 g/mol. The SMILES string of the molecule is CCN1CCCC1CNC(=O)CCC(=O)N1CC(=O)Nc2ccccc21. The van der Waals surface area contributed by atoms with Gasteiger partial charge in [0, 0.05) is 25.4 Å². The Bertz CT molecular complexity index is 691. The van der Waals surface area contributed by atoms with Crippen LogP contribution in [0.15, 0.2) is 24.3 Å². The number of hydrogen-bond donors (Lipinski definition) is 2. The molecule has 7 heteroatoms. The number of amides is 3. The first kappa shape index (κ1) is 18.4. The van der Waals surface area contributed by atoms with Crippen molar-refractivity contribution >= 4 is 29.1 Å². The summed E-state index contributed by atoms with van der Waals surface area (Å²) in [7, 11) is 0. The van der Waals surface area contributed by atoms with Crippen molar-refractivity contribution in [3.05, 3.63) is 24.3 Å². The molecule has 2 aliphatic heterocycles. The second-order valence-electron chi connectivity index (χ2n) is 6.77. The predicted octanol–water partition coefficient (Wildman–Crippen LogP) is 1.35. The van der Waals surface area contributed by atoms with Crippen molar-refractivity contribution < 1.29 is 14.4 Å². The maximum Gasteiger partial charge on any atom is 0.244 e. The molecule has 0 spiro atoms. The largest absolute Gasteiger partial charge is 0.355 e. The molecule has 0 aliphatic carbocycles. The maximum atomic E-state index is 12.5. The standard InChI is InChI=1S/C19H26N4O3/c1-2-22-11-5-6-14(22)12-20-17(24)9-10-19(26)23-13-18(25)21-15-7-3-4-8-16(15)23/h3-4,7-8,14H,2,5-6,9-13H2,1H3,(H,20,24)(H,21,25). The third-order valence-corrected chi connectivity index (χ3v) is 5.08. The molecule has 0 radical (unpaired) electrons. The minimum Gasteiger partial charge on any atom is -0.355 e. The summed E-state index contributed by atoms with van der Waals surface area (Å²) >= 11 is 0. The van der Waals surface area contributed by atoms with Crippen LogP contribution >= 0.6 is 0 Å². The molecule has 3 amide bonds. The number of carbonyl (C=O) groups is 3. The van der Waals surface area contributed by atoms with Crippen LogP contribution in [0, 0.1) is 0 Å². The quantitative estimate of drug-likeness (QED) is 0.804. The van der Waals surface area contributed by atoms with Crippen LogP contribution in [0.5, 0.6) is 0 Å². The average Bonchev–Trinajstić information content (AvgIpc) is 3.11. The zero-order valence-corrected chi connectivity index (χ0v) is 15.2. The van der Waals surface area contributed by atoms with Crippen molar-refractivity contribution in [1.29, 1.82) is 0 Å². The molecule has 1 fully saturated rings. The van der Waals surface area contributed by atoms with Crippen molar-refractivity contribution in [2.75, 3.05) is 36.4 Å². The molecule has 2 N–H and O–H groups in total. The number of nitrogens with zero attached hydrogens (tertiary/aromatic N) is 2. The summed E-state index contributed by atoms with van der Waals surface area (Å²) in [5.41, 5.74) is 1.31. The molecule has 1 saturated heterocycles. The molecule has 0 aromatic heterocycles. The van der Waals surface area contributed by atoms with Gasteiger partial charge in [0.2, 0.25) is 17.7 Å². The molecular formula is C19H26N4O3. The second-order valence-corrected chi connectivity index (χ2v) is 6.77. The van der Waals surface area contributed by atoms with Gasteiger partial charge in [0.25, 0.3) is 0 Å².